The number of hydrogen-bond donors (Lipinski definition) is 2. The first-order valence-electron chi connectivity index (χ1n) is 7.97. The predicted molar refractivity (Wildman–Crippen MR) is 96.2 cm³/mol. The Hall–Kier alpha value is -3.54. The Morgan fingerprint density at radius 2 is 1.62 bits per heavy atom. The standard InChI is InChI=1S/C20H16FN3O2/c21-16-7-9-17(10-8-16)24-20(26)15-5-3-4-14(12-15)19(25)23-13-18-6-1-2-11-22-18/h1-12H,13H2,(H,23,25)(H,24,26). The zero-order chi connectivity index (χ0) is 18.4. The van der Waals surface area contributed by atoms with E-state index in [4.69, 9.17) is 0 Å². The number of anilines is 1. The number of amides is 2. The maximum atomic E-state index is 12.9. The van der Waals surface area contributed by atoms with Crippen LogP contribution in [0.15, 0.2) is 72.9 Å². The van der Waals surface area contributed by atoms with Crippen LogP contribution < -0.4 is 10.6 Å². The van der Waals surface area contributed by atoms with Gasteiger partial charge in [0, 0.05) is 23.0 Å². The van der Waals surface area contributed by atoms with Crippen molar-refractivity contribution in [2.45, 2.75) is 6.54 Å². The van der Waals surface area contributed by atoms with Gasteiger partial charge < -0.3 is 10.6 Å². The van der Waals surface area contributed by atoms with E-state index in [2.05, 4.69) is 15.6 Å². The number of halogens is 1. The highest BCUT2D eigenvalue weighted by Crippen LogP contribution is 2.12. The maximum absolute atomic E-state index is 12.9. The topological polar surface area (TPSA) is 71.1 Å². The Kier molecular flexibility index (Phi) is 5.34. The Bertz CT molecular complexity index is 912. The fourth-order valence-electron chi connectivity index (χ4n) is 2.31. The van der Waals surface area contributed by atoms with E-state index in [9.17, 15) is 14.0 Å². The number of carbonyl (C=O) groups is 2. The lowest BCUT2D eigenvalue weighted by Gasteiger charge is -2.08. The molecule has 0 unspecified atom stereocenters. The third-order valence-corrected chi connectivity index (χ3v) is 3.65. The largest absolute Gasteiger partial charge is 0.346 e. The van der Waals surface area contributed by atoms with E-state index in [1.165, 1.54) is 30.3 Å². The molecule has 2 aromatic carbocycles. The fourth-order valence-corrected chi connectivity index (χ4v) is 2.31. The summed E-state index contributed by atoms with van der Waals surface area (Å²) in [5, 5.41) is 5.42. The average molecular weight is 349 g/mol. The molecule has 130 valence electrons. The van der Waals surface area contributed by atoms with E-state index < -0.39 is 0 Å². The van der Waals surface area contributed by atoms with Gasteiger partial charge in [-0.15, -0.1) is 0 Å². The van der Waals surface area contributed by atoms with Gasteiger partial charge in [-0.05, 0) is 54.6 Å². The minimum absolute atomic E-state index is 0.297. The van der Waals surface area contributed by atoms with Gasteiger partial charge in [-0.3, -0.25) is 14.6 Å². The summed E-state index contributed by atoms with van der Waals surface area (Å²) in [6, 6.07) is 17.3. The molecule has 1 heterocycles. The normalized spacial score (nSPS) is 10.2. The lowest BCUT2D eigenvalue weighted by atomic mass is 10.1. The molecule has 0 aliphatic heterocycles. The number of benzene rings is 2. The minimum Gasteiger partial charge on any atom is -0.346 e. The van der Waals surface area contributed by atoms with Crippen molar-refractivity contribution in [3.05, 3.63) is 95.6 Å². The van der Waals surface area contributed by atoms with Gasteiger partial charge in [0.25, 0.3) is 11.8 Å². The first kappa shape index (κ1) is 17.3. The second-order valence-corrected chi connectivity index (χ2v) is 5.55. The van der Waals surface area contributed by atoms with Crippen molar-refractivity contribution in [1.29, 1.82) is 0 Å². The van der Waals surface area contributed by atoms with Gasteiger partial charge in [-0.1, -0.05) is 12.1 Å². The van der Waals surface area contributed by atoms with Gasteiger partial charge in [0.05, 0.1) is 12.2 Å². The van der Waals surface area contributed by atoms with Crippen LogP contribution in [0.25, 0.3) is 0 Å². The zero-order valence-corrected chi connectivity index (χ0v) is 13.8. The Morgan fingerprint density at radius 1 is 0.885 bits per heavy atom. The highest BCUT2D eigenvalue weighted by atomic mass is 19.1. The van der Waals surface area contributed by atoms with Gasteiger partial charge in [0.2, 0.25) is 0 Å². The second-order valence-electron chi connectivity index (χ2n) is 5.55. The van der Waals surface area contributed by atoms with E-state index in [0.29, 0.717) is 23.4 Å². The lowest BCUT2D eigenvalue weighted by Crippen LogP contribution is -2.23. The summed E-state index contributed by atoms with van der Waals surface area (Å²) >= 11 is 0. The highest BCUT2D eigenvalue weighted by Gasteiger charge is 2.11. The summed E-state index contributed by atoms with van der Waals surface area (Å²) in [7, 11) is 0. The summed E-state index contributed by atoms with van der Waals surface area (Å²) in [4.78, 5) is 28.7. The van der Waals surface area contributed by atoms with Crippen LogP contribution in [0.5, 0.6) is 0 Å². The molecule has 26 heavy (non-hydrogen) atoms. The predicted octanol–water partition coefficient (Wildman–Crippen LogP) is 3.40. The zero-order valence-electron chi connectivity index (χ0n) is 13.8. The molecule has 0 atom stereocenters. The molecule has 1 aromatic heterocycles. The van der Waals surface area contributed by atoms with E-state index in [1.807, 2.05) is 12.1 Å². The van der Waals surface area contributed by atoms with E-state index >= 15 is 0 Å². The summed E-state index contributed by atoms with van der Waals surface area (Å²) in [5.74, 6) is -1.06. The van der Waals surface area contributed by atoms with Crippen molar-refractivity contribution in [1.82, 2.24) is 10.3 Å². The molecule has 0 aliphatic carbocycles. The van der Waals surface area contributed by atoms with Crippen molar-refractivity contribution < 1.29 is 14.0 Å². The number of carbonyl (C=O) groups excluding carboxylic acids is 2. The summed E-state index contributed by atoms with van der Waals surface area (Å²) in [5.41, 5.74) is 1.92. The Morgan fingerprint density at radius 3 is 2.31 bits per heavy atom. The molecule has 0 radical (unpaired) electrons. The molecular formula is C20H16FN3O2. The summed E-state index contributed by atoms with van der Waals surface area (Å²) in [6.45, 7) is 0.297. The van der Waals surface area contributed by atoms with Crippen molar-refractivity contribution >= 4 is 17.5 Å². The molecule has 5 nitrogen and oxygen atoms in total. The minimum atomic E-state index is -0.380. The third kappa shape index (κ3) is 4.51. The molecule has 0 bridgehead atoms. The van der Waals surface area contributed by atoms with Crippen molar-refractivity contribution in [3.8, 4) is 0 Å². The van der Waals surface area contributed by atoms with Crippen molar-refractivity contribution in [2.75, 3.05) is 5.32 Å². The van der Waals surface area contributed by atoms with E-state index in [1.54, 1.807) is 30.5 Å². The second kappa shape index (κ2) is 8.02. The first-order valence-corrected chi connectivity index (χ1v) is 7.97. The average Bonchev–Trinajstić information content (AvgIpc) is 2.69. The van der Waals surface area contributed by atoms with Crippen LogP contribution in [0.4, 0.5) is 10.1 Å². The van der Waals surface area contributed by atoms with Gasteiger partial charge in [0.15, 0.2) is 0 Å². The van der Waals surface area contributed by atoms with Crippen LogP contribution in [0, 0.1) is 5.82 Å². The molecule has 0 saturated carbocycles. The maximum Gasteiger partial charge on any atom is 0.255 e. The van der Waals surface area contributed by atoms with Crippen LogP contribution in [-0.2, 0) is 6.54 Å². The number of hydrogen-bond acceptors (Lipinski definition) is 3. The van der Waals surface area contributed by atoms with E-state index in [-0.39, 0.29) is 17.6 Å². The molecule has 3 rings (SSSR count). The smallest absolute Gasteiger partial charge is 0.255 e. The van der Waals surface area contributed by atoms with Crippen LogP contribution in [0.3, 0.4) is 0 Å². The van der Waals surface area contributed by atoms with Crippen LogP contribution in [0.2, 0.25) is 0 Å². The number of nitrogens with one attached hydrogen (secondary N) is 2. The fraction of sp³-hybridized carbons (Fsp3) is 0.0500. The first-order chi connectivity index (χ1) is 12.6. The molecule has 2 N–H and O–H groups in total. The molecule has 3 aromatic rings. The van der Waals surface area contributed by atoms with Crippen molar-refractivity contribution in [3.63, 3.8) is 0 Å². The van der Waals surface area contributed by atoms with Gasteiger partial charge in [-0.25, -0.2) is 4.39 Å². The van der Waals surface area contributed by atoms with Gasteiger partial charge in [-0.2, -0.15) is 0 Å². The SMILES string of the molecule is O=C(NCc1ccccn1)c1cccc(C(=O)Nc2ccc(F)cc2)c1. The number of rotatable bonds is 5. The lowest BCUT2D eigenvalue weighted by molar-refractivity contribution is 0.0950. The monoisotopic (exact) mass is 349 g/mol. The Labute approximate surface area is 149 Å². The van der Waals surface area contributed by atoms with E-state index in [0.717, 1.165) is 5.69 Å². The number of nitrogens with zero attached hydrogens (tertiary/aromatic N) is 1. The molecule has 2 amide bonds. The number of pyridine rings is 1. The molecule has 0 saturated heterocycles. The third-order valence-electron chi connectivity index (χ3n) is 3.65. The van der Waals surface area contributed by atoms with Crippen LogP contribution >= 0.6 is 0 Å². The number of aromatic nitrogens is 1. The van der Waals surface area contributed by atoms with Crippen LogP contribution in [-0.4, -0.2) is 16.8 Å². The van der Waals surface area contributed by atoms with Crippen LogP contribution in [0.1, 0.15) is 26.4 Å². The van der Waals surface area contributed by atoms with Gasteiger partial charge >= 0.3 is 0 Å². The Balaban J connectivity index is 1.66. The molecule has 6 heteroatoms. The van der Waals surface area contributed by atoms with Crippen molar-refractivity contribution in [2.24, 2.45) is 0 Å². The molecular weight excluding hydrogens is 333 g/mol. The summed E-state index contributed by atoms with van der Waals surface area (Å²) in [6.07, 6.45) is 1.65. The molecule has 0 aliphatic rings. The van der Waals surface area contributed by atoms with Gasteiger partial charge in [0.1, 0.15) is 5.82 Å². The summed E-state index contributed by atoms with van der Waals surface area (Å²) < 4.78 is 12.9. The molecule has 0 fully saturated rings. The molecule has 0 spiro atoms. The quantitative estimate of drug-likeness (QED) is 0.742. The highest BCUT2D eigenvalue weighted by molar-refractivity contribution is 6.06.